The van der Waals surface area contributed by atoms with E-state index in [2.05, 4.69) is 25.6 Å². The highest BCUT2D eigenvalue weighted by atomic mass is 16.3. The van der Waals surface area contributed by atoms with E-state index in [0.29, 0.717) is 62.3 Å². The summed E-state index contributed by atoms with van der Waals surface area (Å²) in [4.78, 5) is 45.1. The summed E-state index contributed by atoms with van der Waals surface area (Å²) in [6, 6.07) is 7.11. The number of aromatic nitrogens is 4. The van der Waals surface area contributed by atoms with Gasteiger partial charge in [-0.1, -0.05) is 0 Å². The monoisotopic (exact) mass is 564 g/mol. The van der Waals surface area contributed by atoms with Gasteiger partial charge in [-0.3, -0.25) is 9.59 Å². The molecule has 1 aromatic carbocycles. The number of nitrogens with one attached hydrogen (secondary N) is 3. The summed E-state index contributed by atoms with van der Waals surface area (Å²) < 4.78 is 0. The lowest BCUT2D eigenvalue weighted by Crippen LogP contribution is -2.54. The molecule has 0 radical (unpaired) electrons. The van der Waals surface area contributed by atoms with E-state index >= 15 is 0 Å². The van der Waals surface area contributed by atoms with Crippen LogP contribution in [-0.4, -0.2) is 81.3 Å². The van der Waals surface area contributed by atoms with E-state index in [0.717, 1.165) is 0 Å². The van der Waals surface area contributed by atoms with Crippen LogP contribution in [0.5, 0.6) is 5.75 Å². The van der Waals surface area contributed by atoms with Crippen LogP contribution in [-0.2, 0) is 0 Å². The van der Waals surface area contributed by atoms with E-state index in [1.807, 2.05) is 9.80 Å². The zero-order chi connectivity index (χ0) is 29.3. The largest absolute Gasteiger partial charge is 0.506 e. The average Bonchev–Trinajstić information content (AvgIpc) is 2.89. The smallest absolute Gasteiger partial charge is 0.261 e. The summed E-state index contributed by atoms with van der Waals surface area (Å²) in [5.41, 5.74) is 25.5. The fourth-order valence-electron chi connectivity index (χ4n) is 5.16. The first-order valence-electron chi connectivity index (χ1n) is 13.4. The fraction of sp³-hybridized carbons (Fsp3) is 0.423. The molecule has 2 aliphatic rings. The van der Waals surface area contributed by atoms with Gasteiger partial charge >= 0.3 is 0 Å². The van der Waals surface area contributed by atoms with Crippen LogP contribution in [0.1, 0.15) is 28.9 Å². The Balaban J connectivity index is 1.40. The van der Waals surface area contributed by atoms with Crippen LogP contribution in [0.15, 0.2) is 35.1 Å². The first-order chi connectivity index (χ1) is 19.5. The molecule has 4 atom stereocenters. The van der Waals surface area contributed by atoms with E-state index in [4.69, 9.17) is 27.9 Å². The maximum atomic E-state index is 12.6. The van der Waals surface area contributed by atoms with Crippen molar-refractivity contribution in [2.45, 2.75) is 43.9 Å². The Morgan fingerprint density at radius 1 is 0.902 bits per heavy atom. The molecule has 4 unspecified atom stereocenters. The first kappa shape index (κ1) is 28.2. The number of benzene rings is 1. The number of carbonyl (C=O) groups excluding carboxylic acids is 1. The number of carbonyl (C=O) groups is 1. The predicted octanol–water partition coefficient (Wildman–Crippen LogP) is -0.701. The molecule has 41 heavy (non-hydrogen) atoms. The number of phenolic OH excluding ortho intramolecular Hbond substituents is 1. The van der Waals surface area contributed by atoms with Gasteiger partial charge in [0.2, 0.25) is 17.8 Å². The van der Waals surface area contributed by atoms with Crippen molar-refractivity contribution in [1.82, 2.24) is 19.9 Å². The zero-order valence-corrected chi connectivity index (χ0v) is 22.7. The molecule has 15 heteroatoms. The number of amides is 1. The molecule has 12 N–H and O–H groups in total. The normalized spacial score (nSPS) is 22.9. The number of aromatic amines is 1. The minimum Gasteiger partial charge on any atom is -0.506 e. The van der Waals surface area contributed by atoms with Gasteiger partial charge in [-0.15, -0.1) is 0 Å². The average molecular weight is 565 g/mol. The van der Waals surface area contributed by atoms with Gasteiger partial charge < -0.3 is 53.5 Å². The van der Waals surface area contributed by atoms with E-state index in [9.17, 15) is 14.7 Å². The molecule has 1 amide bonds. The maximum absolute atomic E-state index is 12.6. The van der Waals surface area contributed by atoms with Gasteiger partial charge in [0.05, 0.1) is 5.69 Å². The summed E-state index contributed by atoms with van der Waals surface area (Å²) in [5.74, 6) is 0.180. The fourth-order valence-corrected chi connectivity index (χ4v) is 5.16. The minimum absolute atomic E-state index is 0.0725. The lowest BCUT2D eigenvalue weighted by molar-refractivity contribution is 0.102. The quantitative estimate of drug-likeness (QED) is 0.173. The van der Waals surface area contributed by atoms with Crippen molar-refractivity contribution < 1.29 is 9.90 Å². The number of nitrogens with zero attached hydrogens (tertiary/aromatic N) is 5. The Kier molecular flexibility index (Phi) is 8.03. The molecule has 4 heterocycles. The lowest BCUT2D eigenvalue weighted by atomic mass is 10.0. The third kappa shape index (κ3) is 6.71. The van der Waals surface area contributed by atoms with Crippen molar-refractivity contribution in [2.75, 3.05) is 46.6 Å². The number of hydrogen-bond acceptors (Lipinski definition) is 13. The van der Waals surface area contributed by atoms with Crippen molar-refractivity contribution >= 4 is 35.1 Å². The Morgan fingerprint density at radius 3 is 1.98 bits per heavy atom. The van der Waals surface area contributed by atoms with Crippen molar-refractivity contribution in [2.24, 2.45) is 22.9 Å². The molecule has 0 spiro atoms. The van der Waals surface area contributed by atoms with Crippen molar-refractivity contribution in [3.8, 4) is 5.75 Å². The van der Waals surface area contributed by atoms with Crippen LogP contribution in [0.2, 0.25) is 0 Å². The van der Waals surface area contributed by atoms with E-state index < -0.39 is 11.5 Å². The second-order valence-electron chi connectivity index (χ2n) is 10.8. The van der Waals surface area contributed by atoms with Crippen molar-refractivity contribution in [3.63, 3.8) is 0 Å². The van der Waals surface area contributed by atoms with Gasteiger partial charge in [0, 0.05) is 67.8 Å². The number of piperidine rings is 2. The number of H-pyrrole nitrogens is 1. The summed E-state index contributed by atoms with van der Waals surface area (Å²) in [6.45, 7) is 3.86. The molecular formula is C26H36N12O3. The molecule has 3 aromatic rings. The molecule has 5 rings (SSSR count). The van der Waals surface area contributed by atoms with Crippen LogP contribution < -0.4 is 48.9 Å². The zero-order valence-electron chi connectivity index (χ0n) is 22.7. The molecule has 2 aromatic heterocycles. The Labute approximate surface area is 236 Å². The standard InChI is InChI=1S/C26H36N12O3/c1-13-2-4-19(22(40)31-13)23(41)33-20-5-3-18(8-21(20)39)32-24-34-25(37-9-14(27)6-15(28)10-37)36-26(35-24)38-11-16(29)7-17(30)12-38/h2-5,8,14-17,39H,6-7,9-12,27-30H2,1H3,(H,31,40)(H,33,41)(H,32,34,35,36). The number of nitrogens with two attached hydrogens (primary N) is 4. The van der Waals surface area contributed by atoms with Gasteiger partial charge in [0.25, 0.3) is 11.5 Å². The molecule has 15 nitrogen and oxygen atoms in total. The second kappa shape index (κ2) is 11.7. The van der Waals surface area contributed by atoms with Crippen LogP contribution in [0.25, 0.3) is 0 Å². The highest BCUT2D eigenvalue weighted by molar-refractivity contribution is 6.04. The highest BCUT2D eigenvalue weighted by Gasteiger charge is 2.29. The first-order valence-corrected chi connectivity index (χ1v) is 13.4. The minimum atomic E-state index is -0.648. The number of pyridine rings is 1. The molecule has 0 saturated carbocycles. The van der Waals surface area contributed by atoms with Crippen molar-refractivity contribution in [3.05, 3.63) is 51.9 Å². The topological polar surface area (TPSA) is 243 Å². The van der Waals surface area contributed by atoms with E-state index in [-0.39, 0.29) is 47.1 Å². The molecule has 0 bridgehead atoms. The van der Waals surface area contributed by atoms with Gasteiger partial charge in [0.15, 0.2) is 0 Å². The van der Waals surface area contributed by atoms with Crippen LogP contribution in [0.4, 0.5) is 29.2 Å². The Bertz CT molecular complexity index is 1420. The molecule has 2 fully saturated rings. The van der Waals surface area contributed by atoms with E-state index in [1.54, 1.807) is 19.1 Å². The molecule has 2 saturated heterocycles. The Hall–Kier alpha value is -4.31. The molecule has 2 aliphatic heterocycles. The molecule has 218 valence electrons. The Morgan fingerprint density at radius 2 is 1.46 bits per heavy atom. The van der Waals surface area contributed by atoms with Gasteiger partial charge in [-0.2, -0.15) is 15.0 Å². The maximum Gasteiger partial charge on any atom is 0.261 e. The molecule has 0 aliphatic carbocycles. The van der Waals surface area contributed by atoms with Crippen LogP contribution in [0.3, 0.4) is 0 Å². The SMILES string of the molecule is Cc1ccc(C(=O)Nc2ccc(Nc3nc(N4CC(N)CC(N)C4)nc(N4CC(N)CC(N)C4)n3)cc2O)c(=O)[nH]1. The van der Waals surface area contributed by atoms with Crippen LogP contribution in [0, 0.1) is 6.92 Å². The third-order valence-corrected chi connectivity index (χ3v) is 7.01. The summed E-state index contributed by atoms with van der Waals surface area (Å²) in [6.07, 6.45) is 1.41. The van der Waals surface area contributed by atoms with Gasteiger partial charge in [-0.05, 0) is 44.0 Å². The van der Waals surface area contributed by atoms with Gasteiger partial charge in [-0.25, -0.2) is 0 Å². The predicted molar refractivity (Wildman–Crippen MR) is 157 cm³/mol. The lowest BCUT2D eigenvalue weighted by Gasteiger charge is -2.37. The van der Waals surface area contributed by atoms with E-state index in [1.165, 1.54) is 18.2 Å². The molecular weight excluding hydrogens is 528 g/mol. The van der Waals surface area contributed by atoms with Gasteiger partial charge in [0.1, 0.15) is 11.3 Å². The second-order valence-corrected chi connectivity index (χ2v) is 10.8. The van der Waals surface area contributed by atoms with Crippen molar-refractivity contribution in [1.29, 1.82) is 0 Å². The number of aryl methyl sites for hydroxylation is 1. The summed E-state index contributed by atoms with van der Waals surface area (Å²) in [7, 11) is 0. The number of phenols is 1. The number of aromatic hydroxyl groups is 1. The summed E-state index contributed by atoms with van der Waals surface area (Å²) in [5, 5.41) is 16.3. The number of rotatable bonds is 6. The third-order valence-electron chi connectivity index (χ3n) is 7.01. The number of anilines is 5. The van der Waals surface area contributed by atoms with Crippen LogP contribution >= 0.6 is 0 Å². The number of hydrogen-bond donors (Lipinski definition) is 8. The summed E-state index contributed by atoms with van der Waals surface area (Å²) >= 11 is 0. The highest BCUT2D eigenvalue weighted by Crippen LogP contribution is 2.29.